The van der Waals surface area contributed by atoms with Crippen LogP contribution in [0.5, 0.6) is 0 Å². The molecule has 0 unspecified atom stereocenters. The molecule has 10 heteroatoms. The number of ether oxygens (including phenoxy) is 4. The minimum absolute atomic E-state index is 0.0877. The molecule has 2 spiro atoms. The number of hydrogen-bond acceptors (Lipinski definition) is 9. The van der Waals surface area contributed by atoms with Crippen LogP contribution in [0.25, 0.3) is 0 Å². The van der Waals surface area contributed by atoms with E-state index in [0.29, 0.717) is 44.2 Å². The summed E-state index contributed by atoms with van der Waals surface area (Å²) in [5, 5.41) is 0.482. The summed E-state index contributed by atoms with van der Waals surface area (Å²) in [6, 6.07) is 37.1. The highest BCUT2D eigenvalue weighted by atomic mass is 35.5. The SMILES string of the molecule is Cc1ccc([C@H]2C3=C(C[C@@H](c4ccc(C)cc4)C4(C(=O)OC(C)(C)OC4=O)[C@H]3c3ccc(C)cc3)N(c3ccc(Cl)cc3)[C@@H](c3ccc(C)cc3)C23C(=O)OC(C)(C)OC3=O)cc1. The maximum atomic E-state index is 15.8. The van der Waals surface area contributed by atoms with Gasteiger partial charge in [-0.25, -0.2) is 0 Å². The average molecular weight is 864 g/mol. The van der Waals surface area contributed by atoms with Crippen molar-refractivity contribution < 1.29 is 38.1 Å². The molecule has 2 fully saturated rings. The highest BCUT2D eigenvalue weighted by Gasteiger charge is 2.75. The standard InChI is InChI=1S/C53H50ClNO8/c1-30-9-17-34(18-10-30)40-29-41-42(43(35-19-11-31(2)12-20-35)52(40)46(56)60-50(5,6)61-47(52)57)44(36-21-13-32(3)14-22-36)53(48(58)62-51(7,8)63-49(53)59)45(37-23-15-33(4)16-24-37)55(41)39-27-25-38(54)26-28-39/h9-28,40,43-45H,29H2,1-8H3/t40-,43-,44-,45-/m0/s1. The van der Waals surface area contributed by atoms with Gasteiger partial charge < -0.3 is 23.8 Å². The predicted molar refractivity (Wildman–Crippen MR) is 239 cm³/mol. The Morgan fingerprint density at radius 1 is 0.476 bits per heavy atom. The van der Waals surface area contributed by atoms with Crippen LogP contribution in [0.1, 0.15) is 102 Å². The highest BCUT2D eigenvalue weighted by molar-refractivity contribution is 6.30. The molecule has 0 bridgehead atoms. The van der Waals surface area contributed by atoms with Crippen molar-refractivity contribution in [3.8, 4) is 0 Å². The summed E-state index contributed by atoms with van der Waals surface area (Å²) >= 11 is 6.60. The van der Waals surface area contributed by atoms with Gasteiger partial charge in [0.2, 0.25) is 0 Å². The Morgan fingerprint density at radius 3 is 1.24 bits per heavy atom. The van der Waals surface area contributed by atoms with Gasteiger partial charge in [-0.1, -0.05) is 131 Å². The van der Waals surface area contributed by atoms with E-state index in [1.807, 2.05) is 142 Å². The van der Waals surface area contributed by atoms with Crippen molar-refractivity contribution >= 4 is 41.2 Å². The Kier molecular flexibility index (Phi) is 10.0. The van der Waals surface area contributed by atoms with Gasteiger partial charge in [-0.05, 0) is 86.2 Å². The Balaban J connectivity index is 1.51. The second-order valence-corrected chi connectivity index (χ2v) is 18.9. The van der Waals surface area contributed by atoms with E-state index in [1.54, 1.807) is 26.0 Å². The maximum Gasteiger partial charge on any atom is 0.330 e. The molecule has 1 aliphatic carbocycles. The maximum absolute atomic E-state index is 15.8. The van der Waals surface area contributed by atoms with E-state index in [-0.39, 0.29) is 6.42 Å². The number of allylic oxidation sites excluding steroid dienone is 2. The molecule has 9 rings (SSSR count). The average Bonchev–Trinajstić information content (AvgIpc) is 3.22. The number of nitrogens with zero attached hydrogens (tertiary/aromatic N) is 1. The first-order valence-corrected chi connectivity index (χ1v) is 21.7. The predicted octanol–water partition coefficient (Wildman–Crippen LogP) is 10.8. The monoisotopic (exact) mass is 863 g/mol. The van der Waals surface area contributed by atoms with E-state index in [1.165, 1.54) is 13.8 Å². The van der Waals surface area contributed by atoms with Crippen molar-refractivity contribution in [1.82, 2.24) is 0 Å². The Hall–Kier alpha value is -6.19. The number of hydrogen-bond donors (Lipinski definition) is 0. The first kappa shape index (κ1) is 42.1. The van der Waals surface area contributed by atoms with Crippen LogP contribution in [0.2, 0.25) is 5.02 Å². The van der Waals surface area contributed by atoms with Crippen molar-refractivity contribution in [1.29, 1.82) is 0 Å². The van der Waals surface area contributed by atoms with Crippen LogP contribution in [-0.2, 0) is 38.1 Å². The summed E-state index contributed by atoms with van der Waals surface area (Å²) < 4.78 is 25.1. The minimum Gasteiger partial charge on any atom is -0.422 e. The van der Waals surface area contributed by atoms with Crippen molar-refractivity contribution in [3.63, 3.8) is 0 Å². The van der Waals surface area contributed by atoms with Crippen molar-refractivity contribution in [2.24, 2.45) is 10.8 Å². The number of carbonyl (C=O) groups is 4. The van der Waals surface area contributed by atoms with E-state index in [9.17, 15) is 0 Å². The minimum atomic E-state index is -2.18. The number of esters is 4. The van der Waals surface area contributed by atoms with E-state index < -0.39 is 70.1 Å². The van der Waals surface area contributed by atoms with Crippen LogP contribution in [0.15, 0.2) is 133 Å². The van der Waals surface area contributed by atoms with E-state index in [4.69, 9.17) is 30.5 Å². The van der Waals surface area contributed by atoms with Gasteiger partial charge in [-0.3, -0.25) is 19.2 Å². The van der Waals surface area contributed by atoms with Gasteiger partial charge in [-0.15, -0.1) is 0 Å². The van der Waals surface area contributed by atoms with Crippen molar-refractivity contribution in [2.75, 3.05) is 4.90 Å². The quantitative estimate of drug-likeness (QED) is 0.126. The van der Waals surface area contributed by atoms with Crippen molar-refractivity contribution in [3.05, 3.63) is 182 Å². The molecular formula is C53H50ClNO8. The van der Waals surface area contributed by atoms with Gasteiger partial charge in [0, 0.05) is 61.9 Å². The number of rotatable bonds is 5. The Bertz CT molecular complexity index is 2590. The number of cyclic esters (lactones) is 4. The molecule has 0 N–H and O–H groups in total. The van der Waals surface area contributed by atoms with Gasteiger partial charge in [0.15, 0.2) is 10.8 Å². The zero-order chi connectivity index (χ0) is 44.8. The lowest BCUT2D eigenvalue weighted by Crippen LogP contribution is -2.67. The van der Waals surface area contributed by atoms with Crippen LogP contribution in [-0.4, -0.2) is 35.5 Å². The second-order valence-electron chi connectivity index (χ2n) is 18.5. The van der Waals surface area contributed by atoms with Gasteiger partial charge in [-0.2, -0.15) is 0 Å². The molecule has 5 aromatic carbocycles. The largest absolute Gasteiger partial charge is 0.422 e. The molecule has 63 heavy (non-hydrogen) atoms. The zero-order valence-corrected chi connectivity index (χ0v) is 37.4. The second kappa shape index (κ2) is 15.0. The zero-order valence-electron chi connectivity index (χ0n) is 36.7. The smallest absolute Gasteiger partial charge is 0.330 e. The van der Waals surface area contributed by atoms with Gasteiger partial charge in [0.05, 0.1) is 6.04 Å². The number of benzene rings is 5. The first-order valence-electron chi connectivity index (χ1n) is 21.3. The van der Waals surface area contributed by atoms with Gasteiger partial charge in [0.1, 0.15) is 0 Å². The summed E-state index contributed by atoms with van der Waals surface area (Å²) in [7, 11) is 0. The van der Waals surface area contributed by atoms with Crippen LogP contribution in [0.4, 0.5) is 5.69 Å². The normalized spacial score (nSPS) is 24.3. The van der Waals surface area contributed by atoms with Crippen molar-refractivity contribution in [2.45, 2.75) is 97.2 Å². The summed E-state index contributed by atoms with van der Waals surface area (Å²) in [6.07, 6.45) is 0.0877. The molecule has 5 aromatic rings. The third-order valence-corrected chi connectivity index (χ3v) is 13.5. The van der Waals surface area contributed by atoms with Crippen LogP contribution < -0.4 is 4.90 Å². The Labute approximate surface area is 373 Å². The molecule has 0 amide bonds. The summed E-state index contributed by atoms with van der Waals surface area (Å²) in [4.78, 5) is 64.8. The topological polar surface area (TPSA) is 108 Å². The van der Waals surface area contributed by atoms with E-state index in [2.05, 4.69) is 0 Å². The van der Waals surface area contributed by atoms with E-state index >= 15 is 19.2 Å². The van der Waals surface area contributed by atoms with Gasteiger partial charge >= 0.3 is 23.9 Å². The molecular weight excluding hydrogens is 814 g/mol. The first-order chi connectivity index (χ1) is 29.9. The lowest BCUT2D eigenvalue weighted by Gasteiger charge is -2.61. The number of aryl methyl sites for hydroxylation is 4. The number of carbonyl (C=O) groups excluding carboxylic acids is 4. The van der Waals surface area contributed by atoms with Gasteiger partial charge in [0.25, 0.3) is 11.6 Å². The highest BCUT2D eigenvalue weighted by Crippen LogP contribution is 2.70. The molecule has 9 nitrogen and oxygen atoms in total. The van der Waals surface area contributed by atoms with Crippen LogP contribution >= 0.6 is 11.6 Å². The lowest BCUT2D eigenvalue weighted by molar-refractivity contribution is -0.256. The molecule has 0 radical (unpaired) electrons. The summed E-state index contributed by atoms with van der Waals surface area (Å²) in [6.45, 7) is 14.0. The molecule has 3 aliphatic heterocycles. The van der Waals surface area contributed by atoms with E-state index in [0.717, 1.165) is 22.3 Å². The lowest BCUT2D eigenvalue weighted by atomic mass is 9.48. The third kappa shape index (κ3) is 6.66. The third-order valence-electron chi connectivity index (χ3n) is 13.3. The molecule has 3 heterocycles. The number of anilines is 1. The molecule has 0 saturated carbocycles. The van der Waals surface area contributed by atoms with Crippen LogP contribution in [0, 0.1) is 38.5 Å². The molecule has 322 valence electrons. The van der Waals surface area contributed by atoms with Crippen LogP contribution in [0.3, 0.4) is 0 Å². The fraction of sp³-hybridized carbons (Fsp3) is 0.321. The summed E-state index contributed by atoms with van der Waals surface area (Å²) in [5.74, 6) is -9.55. The Morgan fingerprint density at radius 2 is 0.825 bits per heavy atom. The molecule has 2 saturated heterocycles. The molecule has 0 aromatic heterocycles. The summed E-state index contributed by atoms with van der Waals surface area (Å²) in [5.41, 5.74) is 3.97. The fourth-order valence-electron chi connectivity index (χ4n) is 10.5. The molecule has 4 aliphatic rings. The number of halogens is 1. The molecule has 4 atom stereocenters. The fourth-order valence-corrected chi connectivity index (χ4v) is 10.6.